The molecule has 3 heterocycles. The molecule has 1 saturated heterocycles. The van der Waals surface area contributed by atoms with E-state index in [-0.39, 0.29) is 24.0 Å². The molecule has 176 valence electrons. The minimum absolute atomic E-state index is 0.0543. The van der Waals surface area contributed by atoms with Gasteiger partial charge in [-0.05, 0) is 62.3 Å². The molecule has 1 N–H and O–H groups in total. The van der Waals surface area contributed by atoms with Crippen LogP contribution in [0.4, 0.5) is 0 Å². The van der Waals surface area contributed by atoms with Crippen LogP contribution in [0.1, 0.15) is 60.3 Å². The van der Waals surface area contributed by atoms with Crippen LogP contribution in [-0.2, 0) is 22.5 Å². The molecule has 34 heavy (non-hydrogen) atoms. The molecule has 6 rings (SSSR count). The Labute approximate surface area is 199 Å². The summed E-state index contributed by atoms with van der Waals surface area (Å²) < 4.78 is 7.77. The fraction of sp³-hybridized carbons (Fsp3) is 0.429. The number of para-hydroxylation sites is 1. The van der Waals surface area contributed by atoms with E-state index in [1.165, 1.54) is 11.1 Å². The Hall–Kier alpha value is -3.12. The molecule has 0 spiro atoms. The molecule has 2 aliphatic heterocycles. The summed E-state index contributed by atoms with van der Waals surface area (Å²) in [6, 6.07) is 18.3. The summed E-state index contributed by atoms with van der Waals surface area (Å²) in [5.74, 6) is -0.179. The molecule has 0 bridgehead atoms. The zero-order valence-corrected chi connectivity index (χ0v) is 19.6. The molecule has 2 amide bonds. The van der Waals surface area contributed by atoms with Gasteiger partial charge in [0, 0.05) is 24.1 Å². The van der Waals surface area contributed by atoms with Crippen LogP contribution in [0.15, 0.2) is 54.6 Å². The fourth-order valence-corrected chi connectivity index (χ4v) is 6.15. The van der Waals surface area contributed by atoms with Crippen LogP contribution in [0.2, 0.25) is 0 Å². The number of aromatic nitrogens is 1. The summed E-state index contributed by atoms with van der Waals surface area (Å²) in [5.41, 5.74) is 3.09. The minimum Gasteiger partial charge on any atom is -0.376 e. The van der Waals surface area contributed by atoms with Crippen LogP contribution in [0.25, 0.3) is 10.9 Å². The van der Waals surface area contributed by atoms with E-state index in [2.05, 4.69) is 23.5 Å². The van der Waals surface area contributed by atoms with Crippen molar-refractivity contribution < 1.29 is 14.3 Å². The highest BCUT2D eigenvalue weighted by atomic mass is 16.5. The van der Waals surface area contributed by atoms with E-state index in [4.69, 9.17) is 4.74 Å². The third kappa shape index (κ3) is 3.35. The van der Waals surface area contributed by atoms with Crippen molar-refractivity contribution in [2.24, 2.45) is 0 Å². The average Bonchev–Trinajstić information content (AvgIpc) is 3.51. The first kappa shape index (κ1) is 21.4. The monoisotopic (exact) mass is 457 g/mol. The first-order valence-corrected chi connectivity index (χ1v) is 12.5. The van der Waals surface area contributed by atoms with E-state index < -0.39 is 5.54 Å². The maximum atomic E-state index is 14.2. The smallest absolute Gasteiger partial charge is 0.271 e. The number of hydrogen-bond acceptors (Lipinski definition) is 3. The molecule has 6 heteroatoms. The average molecular weight is 458 g/mol. The number of hydrogen-bond donors (Lipinski definition) is 1. The predicted octanol–water partition coefficient (Wildman–Crippen LogP) is 4.23. The van der Waals surface area contributed by atoms with Crippen LogP contribution in [-0.4, -0.2) is 46.1 Å². The number of amides is 2. The van der Waals surface area contributed by atoms with E-state index >= 15 is 0 Å². The Balaban J connectivity index is 1.44. The maximum absolute atomic E-state index is 14.2. The number of carbonyl (C=O) groups is 2. The lowest BCUT2D eigenvalue weighted by atomic mass is 9.82. The molecule has 0 saturated carbocycles. The van der Waals surface area contributed by atoms with Crippen LogP contribution >= 0.6 is 0 Å². The first-order chi connectivity index (χ1) is 16.6. The highest BCUT2D eigenvalue weighted by Crippen LogP contribution is 2.43. The number of rotatable bonds is 4. The molecule has 1 fully saturated rings. The molecule has 1 aromatic heterocycles. The minimum atomic E-state index is -1.01. The third-order valence-electron chi connectivity index (χ3n) is 7.90. The van der Waals surface area contributed by atoms with Gasteiger partial charge in [0.05, 0.1) is 18.7 Å². The molecule has 3 atom stereocenters. The van der Waals surface area contributed by atoms with Crippen molar-refractivity contribution in [3.05, 3.63) is 71.4 Å². The SMILES string of the molecule is C[C@]1(C(=O)NC[C@H]2CCCO2)Cn2c(cc3ccccc32)C(=O)N1[C@@H]1CCCc2ccccc21. The zero-order valence-electron chi connectivity index (χ0n) is 19.6. The number of ether oxygens (including phenoxy) is 1. The molecule has 3 aliphatic rings. The Morgan fingerprint density at radius 2 is 1.94 bits per heavy atom. The van der Waals surface area contributed by atoms with E-state index in [1.54, 1.807) is 0 Å². The van der Waals surface area contributed by atoms with Gasteiger partial charge in [-0.1, -0.05) is 42.5 Å². The summed E-state index contributed by atoms with van der Waals surface area (Å²) in [4.78, 5) is 30.0. The van der Waals surface area contributed by atoms with Gasteiger partial charge in [-0.15, -0.1) is 0 Å². The Kier molecular flexibility index (Phi) is 5.21. The molecular weight excluding hydrogens is 426 g/mol. The number of aryl methyl sites for hydroxylation is 1. The Bertz CT molecular complexity index is 1260. The van der Waals surface area contributed by atoms with Crippen molar-refractivity contribution in [1.29, 1.82) is 0 Å². The van der Waals surface area contributed by atoms with Gasteiger partial charge in [0.25, 0.3) is 5.91 Å². The van der Waals surface area contributed by atoms with E-state index in [9.17, 15) is 9.59 Å². The van der Waals surface area contributed by atoms with Crippen LogP contribution in [0.3, 0.4) is 0 Å². The van der Waals surface area contributed by atoms with Crippen LogP contribution < -0.4 is 5.32 Å². The van der Waals surface area contributed by atoms with Crippen molar-refractivity contribution in [2.75, 3.05) is 13.2 Å². The van der Waals surface area contributed by atoms with Gasteiger partial charge in [-0.2, -0.15) is 0 Å². The predicted molar refractivity (Wildman–Crippen MR) is 131 cm³/mol. The molecule has 1 aliphatic carbocycles. The van der Waals surface area contributed by atoms with Gasteiger partial charge in [-0.25, -0.2) is 0 Å². The molecule has 3 aromatic rings. The van der Waals surface area contributed by atoms with E-state index in [0.29, 0.717) is 18.8 Å². The van der Waals surface area contributed by atoms with E-state index in [0.717, 1.165) is 49.6 Å². The summed E-state index contributed by atoms with van der Waals surface area (Å²) in [6.07, 6.45) is 4.91. The number of nitrogens with one attached hydrogen (secondary N) is 1. The Morgan fingerprint density at radius 3 is 2.79 bits per heavy atom. The quantitative estimate of drug-likeness (QED) is 0.638. The van der Waals surface area contributed by atoms with Crippen molar-refractivity contribution in [1.82, 2.24) is 14.8 Å². The van der Waals surface area contributed by atoms with Crippen molar-refractivity contribution in [2.45, 2.75) is 63.3 Å². The highest BCUT2D eigenvalue weighted by Gasteiger charge is 2.51. The molecule has 0 unspecified atom stereocenters. The van der Waals surface area contributed by atoms with Crippen LogP contribution in [0, 0.1) is 0 Å². The van der Waals surface area contributed by atoms with Gasteiger partial charge < -0.3 is 19.5 Å². The maximum Gasteiger partial charge on any atom is 0.271 e. The molecule has 0 radical (unpaired) electrons. The lowest BCUT2D eigenvalue weighted by molar-refractivity contribution is -0.135. The van der Waals surface area contributed by atoms with Crippen molar-refractivity contribution in [3.63, 3.8) is 0 Å². The summed E-state index contributed by atoms with van der Waals surface area (Å²) in [5, 5.41) is 4.18. The van der Waals surface area contributed by atoms with Gasteiger partial charge in [0.15, 0.2) is 0 Å². The van der Waals surface area contributed by atoms with Gasteiger partial charge in [-0.3, -0.25) is 9.59 Å². The summed E-state index contributed by atoms with van der Waals surface area (Å²) >= 11 is 0. The first-order valence-electron chi connectivity index (χ1n) is 12.5. The van der Waals surface area contributed by atoms with Crippen molar-refractivity contribution in [3.8, 4) is 0 Å². The Morgan fingerprint density at radius 1 is 1.12 bits per heavy atom. The number of nitrogens with zero attached hydrogens (tertiary/aromatic N) is 2. The van der Waals surface area contributed by atoms with Crippen molar-refractivity contribution >= 4 is 22.7 Å². The highest BCUT2D eigenvalue weighted by molar-refractivity contribution is 6.04. The van der Waals surface area contributed by atoms with E-state index in [1.807, 2.05) is 52.8 Å². The lowest BCUT2D eigenvalue weighted by Gasteiger charge is -2.49. The zero-order chi connectivity index (χ0) is 23.3. The number of fused-ring (bicyclic) bond motifs is 4. The second kappa shape index (κ2) is 8.27. The van der Waals surface area contributed by atoms with Gasteiger partial charge >= 0.3 is 0 Å². The second-order valence-corrected chi connectivity index (χ2v) is 10.1. The lowest BCUT2D eigenvalue weighted by Crippen LogP contribution is -2.65. The standard InChI is InChI=1S/C28H31N3O3/c1-28(27(33)29-17-21-11-7-15-34-21)18-30-23-13-5-3-9-20(23)16-25(30)26(32)31(28)24-14-6-10-19-8-2-4-12-22(19)24/h2-5,8-9,12-13,16,21,24H,6-7,10-11,14-15,17-18H2,1H3,(H,29,33)/t21-,24-,28-/m1/s1. The number of carbonyl (C=O) groups excluding carboxylic acids is 2. The number of benzene rings is 2. The third-order valence-corrected chi connectivity index (χ3v) is 7.90. The molecule has 6 nitrogen and oxygen atoms in total. The normalized spacial score (nSPS) is 26.4. The summed E-state index contributed by atoms with van der Waals surface area (Å²) in [6.45, 7) is 3.60. The molecule has 2 aromatic carbocycles. The second-order valence-electron chi connectivity index (χ2n) is 10.1. The molecular formula is C28H31N3O3. The largest absolute Gasteiger partial charge is 0.376 e. The topological polar surface area (TPSA) is 63.6 Å². The van der Waals surface area contributed by atoms with Gasteiger partial charge in [0.2, 0.25) is 5.91 Å². The van der Waals surface area contributed by atoms with Crippen LogP contribution in [0.5, 0.6) is 0 Å². The summed E-state index contributed by atoms with van der Waals surface area (Å²) in [7, 11) is 0. The van der Waals surface area contributed by atoms with Gasteiger partial charge in [0.1, 0.15) is 11.2 Å². The fourth-order valence-electron chi connectivity index (χ4n) is 6.15.